The molecule has 2 rings (SSSR count). The highest BCUT2D eigenvalue weighted by Gasteiger charge is 2.52. The van der Waals surface area contributed by atoms with Gasteiger partial charge in [0.05, 0.1) is 12.0 Å². The third kappa shape index (κ3) is 3.85. The SMILES string of the molecule is CC(C)(C)OC(=O)NC[C@@H]1CCOC1[C@@H]1C[C@H]1C(=O)O. The lowest BCUT2D eigenvalue weighted by molar-refractivity contribution is -0.139. The summed E-state index contributed by atoms with van der Waals surface area (Å²) < 4.78 is 10.8. The number of carbonyl (C=O) groups is 2. The molecule has 1 saturated carbocycles. The molecule has 0 aromatic rings. The van der Waals surface area contributed by atoms with Crippen LogP contribution in [-0.2, 0) is 14.3 Å². The number of hydrogen-bond acceptors (Lipinski definition) is 4. The van der Waals surface area contributed by atoms with E-state index in [1.54, 1.807) is 0 Å². The van der Waals surface area contributed by atoms with Gasteiger partial charge < -0.3 is 19.9 Å². The molecular weight excluding hydrogens is 262 g/mol. The van der Waals surface area contributed by atoms with Gasteiger partial charge in [0.1, 0.15) is 5.60 Å². The number of hydrogen-bond donors (Lipinski definition) is 2. The van der Waals surface area contributed by atoms with Crippen molar-refractivity contribution in [3.05, 3.63) is 0 Å². The first-order valence-electron chi connectivity index (χ1n) is 7.09. The van der Waals surface area contributed by atoms with E-state index in [1.807, 2.05) is 20.8 Å². The molecule has 1 heterocycles. The molecular formula is C14H23NO5. The second-order valence-corrected chi connectivity index (χ2v) is 6.61. The molecule has 0 bridgehead atoms. The Morgan fingerprint density at radius 1 is 1.40 bits per heavy atom. The van der Waals surface area contributed by atoms with Crippen molar-refractivity contribution >= 4 is 12.1 Å². The molecule has 2 fully saturated rings. The number of carboxylic acid groups (broad SMARTS) is 1. The van der Waals surface area contributed by atoms with Crippen LogP contribution >= 0.6 is 0 Å². The van der Waals surface area contributed by atoms with Crippen molar-refractivity contribution in [1.82, 2.24) is 5.32 Å². The van der Waals surface area contributed by atoms with Crippen molar-refractivity contribution in [2.75, 3.05) is 13.2 Å². The van der Waals surface area contributed by atoms with Crippen molar-refractivity contribution in [2.24, 2.45) is 17.8 Å². The highest BCUT2D eigenvalue weighted by atomic mass is 16.6. The molecule has 6 heteroatoms. The molecule has 1 unspecified atom stereocenters. The topological polar surface area (TPSA) is 84.9 Å². The second-order valence-electron chi connectivity index (χ2n) is 6.61. The van der Waals surface area contributed by atoms with Gasteiger partial charge in [0, 0.05) is 19.1 Å². The van der Waals surface area contributed by atoms with Crippen LogP contribution in [0, 0.1) is 17.8 Å². The number of nitrogens with one attached hydrogen (secondary N) is 1. The zero-order valence-corrected chi connectivity index (χ0v) is 12.2. The van der Waals surface area contributed by atoms with Gasteiger partial charge in [-0.1, -0.05) is 0 Å². The van der Waals surface area contributed by atoms with Crippen LogP contribution in [0.4, 0.5) is 4.79 Å². The minimum Gasteiger partial charge on any atom is -0.481 e. The van der Waals surface area contributed by atoms with Crippen LogP contribution in [0.2, 0.25) is 0 Å². The smallest absolute Gasteiger partial charge is 0.407 e. The molecule has 1 aliphatic carbocycles. The van der Waals surface area contributed by atoms with Crippen molar-refractivity contribution < 1.29 is 24.2 Å². The molecule has 114 valence electrons. The molecule has 0 aromatic carbocycles. The lowest BCUT2D eigenvalue weighted by atomic mass is 9.97. The fraction of sp³-hybridized carbons (Fsp3) is 0.857. The molecule has 0 aromatic heterocycles. The van der Waals surface area contributed by atoms with Crippen LogP contribution < -0.4 is 5.32 Å². The van der Waals surface area contributed by atoms with E-state index in [4.69, 9.17) is 14.6 Å². The molecule has 20 heavy (non-hydrogen) atoms. The number of carboxylic acids is 1. The number of rotatable bonds is 4. The summed E-state index contributed by atoms with van der Waals surface area (Å²) in [6.07, 6.45) is 1.05. The Kier molecular flexibility index (Phi) is 4.22. The molecule has 1 saturated heterocycles. The fourth-order valence-electron chi connectivity index (χ4n) is 2.74. The number of alkyl carbamates (subject to hydrolysis) is 1. The Labute approximate surface area is 118 Å². The maximum absolute atomic E-state index is 11.6. The summed E-state index contributed by atoms with van der Waals surface area (Å²) in [5, 5.41) is 11.7. The van der Waals surface area contributed by atoms with Gasteiger partial charge in [0.15, 0.2) is 0 Å². The first-order valence-corrected chi connectivity index (χ1v) is 7.09. The average Bonchev–Trinajstić information content (AvgIpc) is 2.96. The first-order chi connectivity index (χ1) is 9.28. The summed E-state index contributed by atoms with van der Waals surface area (Å²) in [4.78, 5) is 22.5. The van der Waals surface area contributed by atoms with E-state index in [9.17, 15) is 9.59 Å². The predicted octanol–water partition coefficient (Wildman–Crippen LogP) is 1.64. The largest absolute Gasteiger partial charge is 0.481 e. The van der Waals surface area contributed by atoms with Gasteiger partial charge in [-0.05, 0) is 39.5 Å². The molecule has 0 spiro atoms. The zero-order chi connectivity index (χ0) is 14.9. The van der Waals surface area contributed by atoms with Gasteiger partial charge in [-0.2, -0.15) is 0 Å². The highest BCUT2D eigenvalue weighted by molar-refractivity contribution is 5.73. The third-order valence-electron chi connectivity index (χ3n) is 3.75. The van der Waals surface area contributed by atoms with Gasteiger partial charge in [-0.15, -0.1) is 0 Å². The Bertz CT molecular complexity index is 390. The van der Waals surface area contributed by atoms with E-state index < -0.39 is 17.7 Å². The normalized spacial score (nSPS) is 32.8. The van der Waals surface area contributed by atoms with Crippen molar-refractivity contribution in [3.8, 4) is 0 Å². The van der Waals surface area contributed by atoms with Crippen molar-refractivity contribution in [1.29, 1.82) is 0 Å². The quantitative estimate of drug-likeness (QED) is 0.820. The van der Waals surface area contributed by atoms with E-state index in [0.29, 0.717) is 19.6 Å². The maximum atomic E-state index is 11.6. The monoisotopic (exact) mass is 285 g/mol. The number of aliphatic carboxylic acids is 1. The van der Waals surface area contributed by atoms with Crippen LogP contribution in [0.3, 0.4) is 0 Å². The number of amides is 1. The average molecular weight is 285 g/mol. The summed E-state index contributed by atoms with van der Waals surface area (Å²) in [6.45, 7) is 6.55. The van der Waals surface area contributed by atoms with Crippen LogP contribution in [0.15, 0.2) is 0 Å². The minimum absolute atomic E-state index is 0.0500. The van der Waals surface area contributed by atoms with Gasteiger partial charge >= 0.3 is 12.1 Å². The van der Waals surface area contributed by atoms with Crippen LogP contribution in [0.5, 0.6) is 0 Å². The standard InChI is InChI=1S/C14H23NO5/c1-14(2,3)20-13(18)15-7-8-4-5-19-11(8)9-6-10(9)12(16)17/h8-11H,4-7H2,1-3H3,(H,15,18)(H,16,17)/t8-,9+,10+,11?/m0/s1. The van der Waals surface area contributed by atoms with E-state index in [-0.39, 0.29) is 23.9 Å². The van der Waals surface area contributed by atoms with Crippen LogP contribution in [0.25, 0.3) is 0 Å². The third-order valence-corrected chi connectivity index (χ3v) is 3.75. The summed E-state index contributed by atoms with van der Waals surface area (Å²) >= 11 is 0. The molecule has 1 amide bonds. The van der Waals surface area contributed by atoms with E-state index in [0.717, 1.165) is 6.42 Å². The summed E-state index contributed by atoms with van der Waals surface area (Å²) in [7, 11) is 0. The van der Waals surface area contributed by atoms with Gasteiger partial charge in [-0.3, -0.25) is 4.79 Å². The molecule has 2 N–H and O–H groups in total. The lowest BCUT2D eigenvalue weighted by Crippen LogP contribution is -2.37. The van der Waals surface area contributed by atoms with Crippen LogP contribution in [-0.4, -0.2) is 42.0 Å². The second kappa shape index (κ2) is 5.60. The zero-order valence-electron chi connectivity index (χ0n) is 12.2. The van der Waals surface area contributed by atoms with E-state index in [2.05, 4.69) is 5.32 Å². The Hall–Kier alpha value is -1.30. The molecule has 0 radical (unpaired) electrons. The minimum atomic E-state index is -0.746. The lowest BCUT2D eigenvalue weighted by Gasteiger charge is -2.22. The number of carbonyl (C=O) groups excluding carboxylic acids is 1. The number of ether oxygens (including phenoxy) is 2. The van der Waals surface area contributed by atoms with Gasteiger partial charge in [-0.25, -0.2) is 4.79 Å². The maximum Gasteiger partial charge on any atom is 0.407 e. The van der Waals surface area contributed by atoms with Gasteiger partial charge in [0.25, 0.3) is 0 Å². The highest BCUT2D eigenvalue weighted by Crippen LogP contribution is 2.47. The van der Waals surface area contributed by atoms with Crippen LogP contribution in [0.1, 0.15) is 33.6 Å². The molecule has 1 aliphatic heterocycles. The van der Waals surface area contributed by atoms with Gasteiger partial charge in [0.2, 0.25) is 0 Å². The van der Waals surface area contributed by atoms with E-state index in [1.165, 1.54) is 0 Å². The van der Waals surface area contributed by atoms with E-state index >= 15 is 0 Å². The molecule has 2 aliphatic rings. The summed E-state index contributed by atoms with van der Waals surface area (Å²) in [5.74, 6) is -0.746. The Balaban J connectivity index is 1.78. The first kappa shape index (κ1) is 15.1. The Morgan fingerprint density at radius 3 is 2.65 bits per heavy atom. The van der Waals surface area contributed by atoms with Crippen molar-refractivity contribution in [3.63, 3.8) is 0 Å². The summed E-state index contributed by atoms with van der Waals surface area (Å²) in [5.41, 5.74) is -0.513. The fourth-order valence-corrected chi connectivity index (χ4v) is 2.74. The van der Waals surface area contributed by atoms with Crippen molar-refractivity contribution in [2.45, 2.75) is 45.3 Å². The Morgan fingerprint density at radius 2 is 2.10 bits per heavy atom. The predicted molar refractivity (Wildman–Crippen MR) is 71.3 cm³/mol. The molecule has 6 nitrogen and oxygen atoms in total. The molecule has 4 atom stereocenters. The summed E-state index contributed by atoms with van der Waals surface area (Å²) in [6, 6.07) is 0.